The molecule has 0 atom stereocenters. The van der Waals surface area contributed by atoms with Gasteiger partial charge in [-0.2, -0.15) is 13.2 Å². The van der Waals surface area contributed by atoms with Crippen LogP contribution in [0.5, 0.6) is 0 Å². The molecule has 2 aromatic rings. The summed E-state index contributed by atoms with van der Waals surface area (Å²) in [6.07, 6.45) is -1.95. The first-order valence-corrected chi connectivity index (χ1v) is 7.38. The predicted octanol–water partition coefficient (Wildman–Crippen LogP) is 4.45. The first-order chi connectivity index (χ1) is 12.1. The van der Waals surface area contributed by atoms with Crippen LogP contribution >= 0.6 is 0 Å². The Hall–Kier alpha value is -3.16. The van der Waals surface area contributed by atoms with E-state index in [4.69, 9.17) is 0 Å². The zero-order valence-electron chi connectivity index (χ0n) is 13.5. The third kappa shape index (κ3) is 5.44. The first kappa shape index (κ1) is 19.2. The number of carbonyl (C=O) groups is 2. The molecule has 0 aliphatic carbocycles. The second-order valence-corrected chi connectivity index (χ2v) is 5.32. The summed E-state index contributed by atoms with van der Waals surface area (Å²) in [6, 6.07) is 7.94. The highest BCUT2D eigenvalue weighted by molar-refractivity contribution is 6.02. The lowest BCUT2D eigenvalue weighted by molar-refractivity contribution is -0.137. The van der Waals surface area contributed by atoms with Crippen LogP contribution in [0.1, 0.15) is 18.1 Å². The molecule has 0 unspecified atom stereocenters. The van der Waals surface area contributed by atoms with E-state index in [2.05, 4.69) is 10.6 Å². The van der Waals surface area contributed by atoms with Gasteiger partial charge in [0.05, 0.1) is 11.3 Å². The van der Waals surface area contributed by atoms with Gasteiger partial charge in [0, 0.05) is 18.7 Å². The van der Waals surface area contributed by atoms with Crippen LogP contribution in [0.25, 0.3) is 6.08 Å². The Morgan fingerprint density at radius 2 is 1.65 bits per heavy atom. The Kier molecular flexibility index (Phi) is 5.76. The van der Waals surface area contributed by atoms with Gasteiger partial charge in [-0.25, -0.2) is 4.39 Å². The first-order valence-electron chi connectivity index (χ1n) is 7.38. The van der Waals surface area contributed by atoms with E-state index in [0.717, 1.165) is 24.3 Å². The largest absolute Gasteiger partial charge is 0.416 e. The molecule has 0 aliphatic heterocycles. The molecule has 0 radical (unpaired) electrons. The Morgan fingerprint density at radius 3 is 2.23 bits per heavy atom. The standard InChI is InChI=1S/C18H14F4N2O2/c1-11(25)23-16-10-14(7-8-15(16)19)24-17(26)9-4-12-2-5-13(6-3-12)18(20,21)22/h2-10H,1H3,(H,23,25)(H,24,26)/b9-4+. The maximum absolute atomic E-state index is 13.5. The summed E-state index contributed by atoms with van der Waals surface area (Å²) in [6.45, 7) is 1.22. The third-order valence-corrected chi connectivity index (χ3v) is 3.21. The van der Waals surface area contributed by atoms with E-state index >= 15 is 0 Å². The number of alkyl halides is 3. The average Bonchev–Trinajstić information content (AvgIpc) is 2.55. The van der Waals surface area contributed by atoms with Crippen LogP contribution in [-0.4, -0.2) is 11.8 Å². The fourth-order valence-corrected chi connectivity index (χ4v) is 2.03. The lowest BCUT2D eigenvalue weighted by Gasteiger charge is -2.08. The van der Waals surface area contributed by atoms with Crippen LogP contribution in [0, 0.1) is 5.82 Å². The molecule has 0 bridgehead atoms. The van der Waals surface area contributed by atoms with Gasteiger partial charge in [0.1, 0.15) is 5.82 Å². The van der Waals surface area contributed by atoms with Crippen molar-refractivity contribution in [2.45, 2.75) is 13.1 Å². The van der Waals surface area contributed by atoms with E-state index in [1.807, 2.05) is 0 Å². The number of nitrogens with one attached hydrogen (secondary N) is 2. The van der Waals surface area contributed by atoms with Gasteiger partial charge in [0.25, 0.3) is 0 Å². The zero-order chi connectivity index (χ0) is 19.3. The molecule has 8 heteroatoms. The monoisotopic (exact) mass is 366 g/mol. The molecule has 0 spiro atoms. The van der Waals surface area contributed by atoms with Crippen LogP contribution in [0.15, 0.2) is 48.5 Å². The summed E-state index contributed by atoms with van der Waals surface area (Å²) in [5.41, 5.74) is -0.207. The Balaban J connectivity index is 2.04. The van der Waals surface area contributed by atoms with Crippen molar-refractivity contribution in [2.75, 3.05) is 10.6 Å². The van der Waals surface area contributed by atoms with Crippen molar-refractivity contribution < 1.29 is 27.2 Å². The minimum atomic E-state index is -4.42. The summed E-state index contributed by atoms with van der Waals surface area (Å²) in [4.78, 5) is 22.9. The van der Waals surface area contributed by atoms with Gasteiger partial charge in [0.2, 0.25) is 11.8 Å². The maximum atomic E-state index is 13.5. The Bertz CT molecular complexity index is 843. The summed E-state index contributed by atoms with van der Waals surface area (Å²) in [5.74, 6) is -1.68. The minimum absolute atomic E-state index is 0.0815. The van der Waals surface area contributed by atoms with Gasteiger partial charge in [0.15, 0.2) is 0 Å². The molecule has 0 aliphatic rings. The van der Waals surface area contributed by atoms with Crippen LogP contribution < -0.4 is 10.6 Å². The van der Waals surface area contributed by atoms with Gasteiger partial charge < -0.3 is 10.6 Å². The Labute approximate surface area is 146 Å². The normalized spacial score (nSPS) is 11.4. The molecule has 2 N–H and O–H groups in total. The van der Waals surface area contributed by atoms with E-state index in [0.29, 0.717) is 5.56 Å². The summed E-state index contributed by atoms with van der Waals surface area (Å²) in [7, 11) is 0. The Morgan fingerprint density at radius 1 is 1.00 bits per heavy atom. The lowest BCUT2D eigenvalue weighted by Crippen LogP contribution is -2.10. The van der Waals surface area contributed by atoms with Crippen LogP contribution in [0.2, 0.25) is 0 Å². The summed E-state index contributed by atoms with van der Waals surface area (Å²) < 4.78 is 51.0. The smallest absolute Gasteiger partial charge is 0.324 e. The maximum Gasteiger partial charge on any atom is 0.416 e. The molecular weight excluding hydrogens is 352 g/mol. The van der Waals surface area contributed by atoms with Gasteiger partial charge >= 0.3 is 6.18 Å². The van der Waals surface area contributed by atoms with E-state index in [9.17, 15) is 27.2 Å². The van der Waals surface area contributed by atoms with E-state index in [1.54, 1.807) is 0 Å². The van der Waals surface area contributed by atoms with E-state index in [-0.39, 0.29) is 11.4 Å². The van der Waals surface area contributed by atoms with Gasteiger partial charge in [-0.15, -0.1) is 0 Å². The highest BCUT2D eigenvalue weighted by Gasteiger charge is 2.29. The molecule has 0 saturated carbocycles. The predicted molar refractivity (Wildman–Crippen MR) is 89.8 cm³/mol. The second kappa shape index (κ2) is 7.81. The lowest BCUT2D eigenvalue weighted by atomic mass is 10.1. The minimum Gasteiger partial charge on any atom is -0.324 e. The topological polar surface area (TPSA) is 58.2 Å². The molecule has 2 amide bonds. The number of anilines is 2. The van der Waals surface area contributed by atoms with E-state index in [1.165, 1.54) is 37.3 Å². The number of halogens is 4. The van der Waals surface area contributed by atoms with Crippen LogP contribution in [0.4, 0.5) is 28.9 Å². The SMILES string of the molecule is CC(=O)Nc1cc(NC(=O)/C=C/c2ccc(C(F)(F)F)cc2)ccc1F. The molecule has 2 aromatic carbocycles. The molecule has 0 fully saturated rings. The van der Waals surface area contributed by atoms with Crippen LogP contribution in [0.3, 0.4) is 0 Å². The van der Waals surface area contributed by atoms with E-state index < -0.39 is 29.4 Å². The van der Waals surface area contributed by atoms with Crippen molar-refractivity contribution >= 4 is 29.3 Å². The van der Waals surface area contributed by atoms with Crippen molar-refractivity contribution in [3.63, 3.8) is 0 Å². The molecule has 136 valence electrons. The number of amides is 2. The van der Waals surface area contributed by atoms with Crippen LogP contribution in [-0.2, 0) is 15.8 Å². The summed E-state index contributed by atoms with van der Waals surface area (Å²) >= 11 is 0. The number of carbonyl (C=O) groups excluding carboxylic acids is 2. The molecule has 0 aromatic heterocycles. The molecule has 2 rings (SSSR count). The second-order valence-electron chi connectivity index (χ2n) is 5.32. The fourth-order valence-electron chi connectivity index (χ4n) is 2.03. The van der Waals surface area contributed by atoms with Crippen molar-refractivity contribution in [3.05, 3.63) is 65.5 Å². The van der Waals surface area contributed by atoms with Gasteiger partial charge in [-0.05, 0) is 42.0 Å². The number of hydrogen-bond acceptors (Lipinski definition) is 2. The number of rotatable bonds is 4. The number of hydrogen-bond donors (Lipinski definition) is 2. The van der Waals surface area contributed by atoms with Crippen molar-refractivity contribution in [3.8, 4) is 0 Å². The number of benzene rings is 2. The van der Waals surface area contributed by atoms with Gasteiger partial charge in [-0.3, -0.25) is 9.59 Å². The highest BCUT2D eigenvalue weighted by atomic mass is 19.4. The molecular formula is C18H14F4N2O2. The average molecular weight is 366 g/mol. The molecule has 0 heterocycles. The summed E-state index contributed by atoms with van der Waals surface area (Å²) in [5, 5.41) is 4.75. The van der Waals surface area contributed by atoms with Gasteiger partial charge in [-0.1, -0.05) is 12.1 Å². The fraction of sp³-hybridized carbons (Fsp3) is 0.111. The highest BCUT2D eigenvalue weighted by Crippen LogP contribution is 2.29. The molecule has 4 nitrogen and oxygen atoms in total. The van der Waals surface area contributed by atoms with Crippen molar-refractivity contribution in [1.29, 1.82) is 0 Å². The van der Waals surface area contributed by atoms with Crippen molar-refractivity contribution in [2.24, 2.45) is 0 Å². The third-order valence-electron chi connectivity index (χ3n) is 3.21. The quantitative estimate of drug-likeness (QED) is 0.620. The van der Waals surface area contributed by atoms with Crippen molar-refractivity contribution in [1.82, 2.24) is 0 Å². The molecule has 26 heavy (non-hydrogen) atoms. The zero-order valence-corrected chi connectivity index (χ0v) is 13.5. The molecule has 0 saturated heterocycles.